The van der Waals surface area contributed by atoms with E-state index in [0.29, 0.717) is 9.88 Å². The lowest BCUT2D eigenvalue weighted by molar-refractivity contribution is -0.601. The van der Waals surface area contributed by atoms with Gasteiger partial charge >= 0.3 is 0 Å². The van der Waals surface area contributed by atoms with Crippen molar-refractivity contribution < 1.29 is 14.2 Å². The highest BCUT2D eigenvalue weighted by Gasteiger charge is 2.08. The summed E-state index contributed by atoms with van der Waals surface area (Å²) >= 11 is 11.7. The van der Waals surface area contributed by atoms with Gasteiger partial charge in [-0.3, -0.25) is 0 Å². The van der Waals surface area contributed by atoms with Crippen LogP contribution in [0.15, 0.2) is 60.9 Å². The molecule has 0 aliphatic carbocycles. The Kier molecular flexibility index (Phi) is 5.84. The third-order valence-corrected chi connectivity index (χ3v) is 4.66. The van der Waals surface area contributed by atoms with Gasteiger partial charge in [0.15, 0.2) is 6.20 Å². The molecule has 0 amide bonds. The predicted octanol–water partition coefficient (Wildman–Crippen LogP) is 5.03. The quantitative estimate of drug-likeness (QED) is 0.268. The second-order valence-electron chi connectivity index (χ2n) is 5.57. The molecule has 0 aliphatic rings. The minimum absolute atomic E-state index is 0.185. The van der Waals surface area contributed by atoms with Crippen LogP contribution in [0.25, 0.3) is 21.5 Å². The van der Waals surface area contributed by atoms with Crippen LogP contribution in [0.3, 0.4) is 0 Å². The number of hydrogen-bond acceptors (Lipinski definition) is 4. The summed E-state index contributed by atoms with van der Waals surface area (Å²) in [5, 5.41) is 15.5. The first-order valence-corrected chi connectivity index (χ1v) is 8.72. The zero-order valence-electron chi connectivity index (χ0n) is 14.6. The molecule has 5 nitrogen and oxygen atoms in total. The van der Waals surface area contributed by atoms with Crippen molar-refractivity contribution in [3.63, 3.8) is 0 Å². The van der Waals surface area contributed by atoms with E-state index >= 15 is 0 Å². The molecule has 0 saturated heterocycles. The molecule has 0 aliphatic heterocycles. The molecule has 138 valence electrons. The van der Waals surface area contributed by atoms with E-state index in [1.54, 1.807) is 38.6 Å². The first-order valence-electron chi connectivity index (χ1n) is 7.97. The third kappa shape index (κ3) is 4.15. The van der Waals surface area contributed by atoms with Crippen molar-refractivity contribution in [2.24, 2.45) is 0 Å². The van der Waals surface area contributed by atoms with Gasteiger partial charge in [-0.1, -0.05) is 11.6 Å². The monoisotopic (exact) mass is 402 g/mol. The smallest absolute Gasteiger partial charge is 0.294 e. The van der Waals surface area contributed by atoms with Crippen molar-refractivity contribution in [1.29, 1.82) is 0 Å². The minimum atomic E-state index is 0.185. The molecule has 0 atom stereocenters. The summed E-state index contributed by atoms with van der Waals surface area (Å²) in [6.07, 6.45) is 3.06. The highest BCUT2D eigenvalue weighted by atomic mass is 35.5. The van der Waals surface area contributed by atoms with Crippen molar-refractivity contribution in [2.75, 3.05) is 14.2 Å². The Labute approximate surface area is 166 Å². The number of pyridine rings is 2. The van der Waals surface area contributed by atoms with Gasteiger partial charge in [0, 0.05) is 17.6 Å². The summed E-state index contributed by atoms with van der Waals surface area (Å²) in [7, 11) is 3.24. The molecule has 0 fully saturated rings. The normalized spacial score (nSPS) is 10.4. The van der Waals surface area contributed by atoms with Crippen LogP contribution < -0.4 is 14.2 Å². The average molecular weight is 403 g/mol. The summed E-state index contributed by atoms with van der Waals surface area (Å²) < 4.78 is 10.8. The molecular formula is C20H16Cl2N2O3. The van der Waals surface area contributed by atoms with Gasteiger partial charge in [0.25, 0.3) is 5.15 Å². The topological polar surface area (TPSA) is 58.3 Å². The lowest BCUT2D eigenvalue weighted by Gasteiger charge is -2.04. The summed E-state index contributed by atoms with van der Waals surface area (Å²) in [6.45, 7) is 0. The van der Waals surface area contributed by atoms with Gasteiger partial charge < -0.3 is 14.7 Å². The van der Waals surface area contributed by atoms with E-state index in [1.165, 1.54) is 6.20 Å². The van der Waals surface area contributed by atoms with Crippen LogP contribution in [0.4, 0.5) is 0 Å². The fourth-order valence-corrected chi connectivity index (χ4v) is 3.03. The number of benzene rings is 2. The fourth-order valence-electron chi connectivity index (χ4n) is 2.57. The van der Waals surface area contributed by atoms with Gasteiger partial charge in [-0.15, -0.1) is 0 Å². The fraction of sp³-hybridized carbons (Fsp3) is 0.100. The van der Waals surface area contributed by atoms with Crippen LogP contribution >= 0.6 is 23.2 Å². The Morgan fingerprint density at radius 3 is 2.07 bits per heavy atom. The molecule has 2 heterocycles. The molecule has 0 unspecified atom stereocenters. The Bertz CT molecular complexity index is 1100. The molecular weight excluding hydrogens is 387 g/mol. The minimum Gasteiger partial charge on any atom is -0.618 e. The summed E-state index contributed by atoms with van der Waals surface area (Å²) in [6, 6.07) is 14.7. The zero-order chi connectivity index (χ0) is 19.4. The average Bonchev–Trinajstić information content (AvgIpc) is 2.71. The largest absolute Gasteiger partial charge is 0.618 e. The summed E-state index contributed by atoms with van der Waals surface area (Å²) in [5.74, 6) is 1.58. The van der Waals surface area contributed by atoms with E-state index in [9.17, 15) is 5.21 Å². The Morgan fingerprint density at radius 2 is 1.44 bits per heavy atom. The number of methoxy groups -OCH3 is 2. The van der Waals surface area contributed by atoms with Crippen molar-refractivity contribution >= 4 is 44.7 Å². The number of aromatic nitrogens is 2. The Balaban J connectivity index is 0.000000156. The molecule has 2 aromatic carbocycles. The number of fused-ring (bicyclic) bond motifs is 2. The van der Waals surface area contributed by atoms with Crippen molar-refractivity contribution in [3.8, 4) is 11.5 Å². The van der Waals surface area contributed by atoms with Crippen LogP contribution in [-0.4, -0.2) is 19.2 Å². The first kappa shape index (κ1) is 19.0. The maximum Gasteiger partial charge on any atom is 0.294 e. The molecule has 0 N–H and O–H groups in total. The molecule has 27 heavy (non-hydrogen) atoms. The second kappa shape index (κ2) is 8.29. The predicted molar refractivity (Wildman–Crippen MR) is 108 cm³/mol. The van der Waals surface area contributed by atoms with E-state index in [2.05, 4.69) is 4.98 Å². The molecule has 7 heteroatoms. The van der Waals surface area contributed by atoms with Crippen LogP contribution in [0, 0.1) is 5.21 Å². The van der Waals surface area contributed by atoms with E-state index in [0.717, 1.165) is 33.0 Å². The number of ether oxygens (including phenoxy) is 2. The van der Waals surface area contributed by atoms with Crippen molar-refractivity contribution in [2.45, 2.75) is 0 Å². The van der Waals surface area contributed by atoms with Gasteiger partial charge in [0.1, 0.15) is 16.7 Å². The zero-order valence-corrected chi connectivity index (χ0v) is 16.2. The highest BCUT2D eigenvalue weighted by molar-refractivity contribution is 6.34. The van der Waals surface area contributed by atoms with Crippen LogP contribution in [-0.2, 0) is 0 Å². The number of nitrogens with zero attached hydrogens (tertiary/aromatic N) is 2. The van der Waals surface area contributed by atoms with E-state index in [4.69, 9.17) is 32.7 Å². The maximum atomic E-state index is 11.1. The maximum absolute atomic E-state index is 11.1. The highest BCUT2D eigenvalue weighted by Crippen LogP contribution is 2.25. The van der Waals surface area contributed by atoms with Crippen LogP contribution in [0.5, 0.6) is 11.5 Å². The van der Waals surface area contributed by atoms with Crippen LogP contribution in [0.2, 0.25) is 10.3 Å². The van der Waals surface area contributed by atoms with Gasteiger partial charge in [-0.25, -0.2) is 4.98 Å². The number of rotatable bonds is 2. The standard InChI is InChI=1S/C10H8ClNO2.C10H8ClNO/c1-14-8-2-3-9-7(6-8)4-5-12(13)10(9)11;1-13-8-2-3-9-7(6-8)4-5-12-10(9)11/h2-6H,1H3;2-6H,1H3. The second-order valence-corrected chi connectivity index (χ2v) is 6.29. The molecule has 4 rings (SSSR count). The van der Waals surface area contributed by atoms with E-state index in [-0.39, 0.29) is 5.15 Å². The van der Waals surface area contributed by atoms with Gasteiger partial charge in [0.05, 0.1) is 19.6 Å². The molecule has 0 bridgehead atoms. The van der Waals surface area contributed by atoms with Crippen LogP contribution in [0.1, 0.15) is 0 Å². The number of hydrogen-bond donors (Lipinski definition) is 0. The number of halogens is 2. The van der Waals surface area contributed by atoms with E-state index in [1.807, 2.05) is 30.3 Å². The lowest BCUT2D eigenvalue weighted by Crippen LogP contribution is -2.26. The van der Waals surface area contributed by atoms with Crippen molar-refractivity contribution in [3.05, 3.63) is 76.4 Å². The van der Waals surface area contributed by atoms with Crippen molar-refractivity contribution in [1.82, 2.24) is 4.98 Å². The summed E-state index contributed by atoms with van der Waals surface area (Å²) in [5.41, 5.74) is 0. The van der Waals surface area contributed by atoms with E-state index < -0.39 is 0 Å². The first-order chi connectivity index (χ1) is 13.0. The lowest BCUT2D eigenvalue weighted by atomic mass is 10.2. The SMILES string of the molecule is COc1ccc2c(Cl)[n+]([O-])ccc2c1.COc1ccc2c(Cl)nccc2c1. The Hall–Kier alpha value is -2.76. The molecule has 2 aromatic heterocycles. The molecule has 4 aromatic rings. The molecule has 0 radical (unpaired) electrons. The van der Waals surface area contributed by atoms with Gasteiger partial charge in [-0.2, -0.15) is 4.73 Å². The van der Waals surface area contributed by atoms with Gasteiger partial charge in [-0.05, 0) is 64.8 Å². The molecule has 0 spiro atoms. The summed E-state index contributed by atoms with van der Waals surface area (Å²) in [4.78, 5) is 3.99. The third-order valence-electron chi connectivity index (χ3n) is 3.99. The Morgan fingerprint density at radius 1 is 0.852 bits per heavy atom. The van der Waals surface area contributed by atoms with Gasteiger partial charge in [0.2, 0.25) is 0 Å². The molecule has 0 saturated carbocycles.